The molecule has 0 radical (unpaired) electrons. The van der Waals surface area contributed by atoms with Crippen molar-refractivity contribution in [1.82, 2.24) is 10.2 Å². The van der Waals surface area contributed by atoms with Gasteiger partial charge in [0.1, 0.15) is 5.82 Å². The minimum atomic E-state index is -0.266. The fourth-order valence-electron chi connectivity index (χ4n) is 2.18. The lowest BCUT2D eigenvalue weighted by molar-refractivity contribution is 0.110. The summed E-state index contributed by atoms with van der Waals surface area (Å²) in [6.07, 6.45) is 0. The van der Waals surface area contributed by atoms with Gasteiger partial charge < -0.3 is 10.4 Å². The van der Waals surface area contributed by atoms with E-state index in [1.165, 1.54) is 12.1 Å². The van der Waals surface area contributed by atoms with Crippen LogP contribution in [0, 0.1) is 5.82 Å². The highest BCUT2D eigenvalue weighted by Crippen LogP contribution is 2.28. The van der Waals surface area contributed by atoms with Crippen molar-refractivity contribution in [3.05, 3.63) is 34.1 Å². The van der Waals surface area contributed by atoms with Crippen molar-refractivity contribution < 1.29 is 9.50 Å². The molecule has 1 atom stereocenters. The minimum absolute atomic E-state index is 0.0459. The number of halogens is 2. The first kappa shape index (κ1) is 13.0. The standard InChI is InChI=1S/C12H16BrFN2O/c13-11-7-9(14)1-2-10(11)12(8-17)16-5-3-15-4-6-16/h1-2,7,12,15,17H,3-6,8H2/t12-/m0/s1. The molecule has 94 valence electrons. The van der Waals surface area contributed by atoms with Crippen LogP contribution in [0.1, 0.15) is 11.6 Å². The van der Waals surface area contributed by atoms with Gasteiger partial charge in [-0.2, -0.15) is 0 Å². The Morgan fingerprint density at radius 3 is 2.71 bits per heavy atom. The summed E-state index contributed by atoms with van der Waals surface area (Å²) >= 11 is 3.36. The zero-order valence-corrected chi connectivity index (χ0v) is 11.1. The highest BCUT2D eigenvalue weighted by atomic mass is 79.9. The first-order valence-electron chi connectivity index (χ1n) is 5.73. The van der Waals surface area contributed by atoms with Crippen LogP contribution in [0.3, 0.4) is 0 Å². The van der Waals surface area contributed by atoms with Crippen molar-refractivity contribution in [2.75, 3.05) is 32.8 Å². The molecule has 1 aliphatic heterocycles. The second kappa shape index (κ2) is 5.91. The SMILES string of the molecule is OC[C@@H](c1ccc(F)cc1Br)N1CCNCC1. The Hall–Kier alpha value is -0.490. The summed E-state index contributed by atoms with van der Waals surface area (Å²) in [6.45, 7) is 3.69. The Balaban J connectivity index is 2.21. The van der Waals surface area contributed by atoms with Crippen LogP contribution >= 0.6 is 15.9 Å². The third-order valence-corrected chi connectivity index (χ3v) is 3.77. The summed E-state index contributed by atoms with van der Waals surface area (Å²) in [5, 5.41) is 12.8. The number of hydrogen-bond donors (Lipinski definition) is 2. The van der Waals surface area contributed by atoms with Crippen molar-refractivity contribution >= 4 is 15.9 Å². The summed E-state index contributed by atoms with van der Waals surface area (Å²) in [5.74, 6) is -0.266. The van der Waals surface area contributed by atoms with Crippen molar-refractivity contribution in [3.8, 4) is 0 Å². The molecule has 0 saturated carbocycles. The number of rotatable bonds is 3. The van der Waals surface area contributed by atoms with E-state index >= 15 is 0 Å². The Morgan fingerprint density at radius 1 is 1.41 bits per heavy atom. The van der Waals surface area contributed by atoms with E-state index in [9.17, 15) is 9.50 Å². The molecule has 1 fully saturated rings. The van der Waals surface area contributed by atoms with E-state index in [0.717, 1.165) is 36.2 Å². The Bertz CT molecular complexity index is 383. The molecule has 0 amide bonds. The molecule has 17 heavy (non-hydrogen) atoms. The first-order chi connectivity index (χ1) is 8.22. The predicted octanol–water partition coefficient (Wildman–Crippen LogP) is 1.53. The Morgan fingerprint density at radius 2 is 2.12 bits per heavy atom. The van der Waals surface area contributed by atoms with Crippen molar-refractivity contribution in [1.29, 1.82) is 0 Å². The molecular weight excluding hydrogens is 287 g/mol. The van der Waals surface area contributed by atoms with Crippen LogP contribution in [0.4, 0.5) is 4.39 Å². The Labute approximate surface area is 109 Å². The number of piperazine rings is 1. The molecule has 0 spiro atoms. The molecular formula is C12H16BrFN2O. The van der Waals surface area contributed by atoms with Gasteiger partial charge in [-0.15, -0.1) is 0 Å². The van der Waals surface area contributed by atoms with Crippen molar-refractivity contribution in [2.24, 2.45) is 0 Å². The van der Waals surface area contributed by atoms with E-state index in [1.54, 1.807) is 6.07 Å². The molecule has 2 rings (SSSR count). The van der Waals surface area contributed by atoms with Gasteiger partial charge in [-0.1, -0.05) is 22.0 Å². The van der Waals surface area contributed by atoms with Gasteiger partial charge in [-0.05, 0) is 17.7 Å². The fraction of sp³-hybridized carbons (Fsp3) is 0.500. The van der Waals surface area contributed by atoms with Gasteiger partial charge in [-0.3, -0.25) is 4.90 Å². The topological polar surface area (TPSA) is 35.5 Å². The van der Waals surface area contributed by atoms with E-state index in [-0.39, 0.29) is 18.5 Å². The van der Waals surface area contributed by atoms with E-state index < -0.39 is 0 Å². The summed E-state index contributed by atoms with van der Waals surface area (Å²) < 4.78 is 13.8. The maximum absolute atomic E-state index is 13.0. The molecule has 1 aromatic carbocycles. The van der Waals surface area contributed by atoms with Gasteiger partial charge in [0.25, 0.3) is 0 Å². The van der Waals surface area contributed by atoms with Crippen LogP contribution in [-0.2, 0) is 0 Å². The quantitative estimate of drug-likeness (QED) is 0.889. The molecule has 5 heteroatoms. The normalized spacial score (nSPS) is 19.2. The summed E-state index contributed by atoms with van der Waals surface area (Å²) in [7, 11) is 0. The molecule has 1 heterocycles. The summed E-state index contributed by atoms with van der Waals surface area (Å²) in [6, 6.07) is 4.56. The van der Waals surface area contributed by atoms with Crippen molar-refractivity contribution in [3.63, 3.8) is 0 Å². The van der Waals surface area contributed by atoms with Crippen LogP contribution < -0.4 is 5.32 Å². The highest BCUT2D eigenvalue weighted by molar-refractivity contribution is 9.10. The number of nitrogens with zero attached hydrogens (tertiary/aromatic N) is 1. The van der Waals surface area contributed by atoms with Crippen LogP contribution in [0.15, 0.2) is 22.7 Å². The number of benzene rings is 1. The second-order valence-electron chi connectivity index (χ2n) is 4.15. The molecule has 1 aliphatic rings. The molecule has 0 aliphatic carbocycles. The maximum atomic E-state index is 13.0. The largest absolute Gasteiger partial charge is 0.394 e. The van der Waals surface area contributed by atoms with Gasteiger partial charge in [0, 0.05) is 30.7 Å². The van der Waals surface area contributed by atoms with E-state index in [1.807, 2.05) is 0 Å². The third kappa shape index (κ3) is 3.04. The second-order valence-corrected chi connectivity index (χ2v) is 5.00. The van der Waals surface area contributed by atoms with E-state index in [2.05, 4.69) is 26.1 Å². The van der Waals surface area contributed by atoms with Crippen LogP contribution in [0.25, 0.3) is 0 Å². The minimum Gasteiger partial charge on any atom is -0.394 e. The molecule has 0 bridgehead atoms. The highest BCUT2D eigenvalue weighted by Gasteiger charge is 2.23. The average molecular weight is 303 g/mol. The predicted molar refractivity (Wildman–Crippen MR) is 68.4 cm³/mol. The first-order valence-corrected chi connectivity index (χ1v) is 6.52. The molecule has 2 N–H and O–H groups in total. The van der Waals surface area contributed by atoms with Crippen LogP contribution in [0.2, 0.25) is 0 Å². The van der Waals surface area contributed by atoms with Gasteiger partial charge in [0.05, 0.1) is 12.6 Å². The lowest BCUT2D eigenvalue weighted by Crippen LogP contribution is -2.46. The lowest BCUT2D eigenvalue weighted by Gasteiger charge is -2.34. The molecule has 1 saturated heterocycles. The fourth-order valence-corrected chi connectivity index (χ4v) is 2.79. The zero-order chi connectivity index (χ0) is 12.3. The number of nitrogens with one attached hydrogen (secondary N) is 1. The molecule has 1 aromatic rings. The third-order valence-electron chi connectivity index (χ3n) is 3.09. The lowest BCUT2D eigenvalue weighted by atomic mass is 10.1. The summed E-state index contributed by atoms with van der Waals surface area (Å²) in [4.78, 5) is 2.22. The van der Waals surface area contributed by atoms with Crippen LogP contribution in [-0.4, -0.2) is 42.8 Å². The van der Waals surface area contributed by atoms with E-state index in [4.69, 9.17) is 0 Å². The maximum Gasteiger partial charge on any atom is 0.124 e. The molecule has 0 aromatic heterocycles. The average Bonchev–Trinajstić information content (AvgIpc) is 2.34. The summed E-state index contributed by atoms with van der Waals surface area (Å²) in [5.41, 5.74) is 0.941. The Kier molecular flexibility index (Phi) is 4.50. The molecule has 0 unspecified atom stereocenters. The molecule has 3 nitrogen and oxygen atoms in total. The van der Waals surface area contributed by atoms with Gasteiger partial charge in [-0.25, -0.2) is 4.39 Å². The van der Waals surface area contributed by atoms with Gasteiger partial charge in [0.2, 0.25) is 0 Å². The van der Waals surface area contributed by atoms with Crippen molar-refractivity contribution in [2.45, 2.75) is 6.04 Å². The van der Waals surface area contributed by atoms with Gasteiger partial charge in [0.15, 0.2) is 0 Å². The van der Waals surface area contributed by atoms with Crippen LogP contribution in [0.5, 0.6) is 0 Å². The smallest absolute Gasteiger partial charge is 0.124 e. The zero-order valence-electron chi connectivity index (χ0n) is 9.50. The number of aliphatic hydroxyl groups is 1. The number of aliphatic hydroxyl groups excluding tert-OH is 1. The monoisotopic (exact) mass is 302 g/mol. The van der Waals surface area contributed by atoms with E-state index in [0.29, 0.717) is 0 Å². The van der Waals surface area contributed by atoms with Gasteiger partial charge >= 0.3 is 0 Å². The number of hydrogen-bond acceptors (Lipinski definition) is 3.